The van der Waals surface area contributed by atoms with Crippen molar-refractivity contribution in [2.45, 2.75) is 5.16 Å². The first kappa shape index (κ1) is 15.0. The summed E-state index contributed by atoms with van der Waals surface area (Å²) >= 11 is 2.53. The van der Waals surface area contributed by atoms with E-state index in [1.165, 1.54) is 35.2 Å². The zero-order valence-electron chi connectivity index (χ0n) is 12.1. The number of carbonyl (C=O) groups is 1. The van der Waals surface area contributed by atoms with Crippen LogP contribution in [0.25, 0.3) is 15.9 Å². The number of halogens is 1. The number of thiazole rings is 1. The van der Waals surface area contributed by atoms with Gasteiger partial charge in [-0.15, -0.1) is 10.2 Å². The molecular weight excluding hydrogens is 349 g/mol. The van der Waals surface area contributed by atoms with E-state index in [4.69, 9.17) is 0 Å². The molecule has 1 N–H and O–H groups in total. The van der Waals surface area contributed by atoms with Crippen LogP contribution in [0.5, 0.6) is 0 Å². The van der Waals surface area contributed by atoms with Gasteiger partial charge in [-0.25, -0.2) is 9.37 Å². The fraction of sp³-hybridized carbons (Fsp3) is 0.0667. The molecule has 0 aliphatic carbocycles. The minimum atomic E-state index is -0.321. The highest BCUT2D eigenvalue weighted by Gasteiger charge is 2.11. The molecule has 0 bridgehead atoms. The smallest absolute Gasteiger partial charge is 0.236 e. The molecule has 6 nitrogen and oxygen atoms in total. The van der Waals surface area contributed by atoms with E-state index in [0.29, 0.717) is 20.5 Å². The number of nitrogens with one attached hydrogen (secondary N) is 1. The van der Waals surface area contributed by atoms with Gasteiger partial charge in [-0.3, -0.25) is 9.20 Å². The van der Waals surface area contributed by atoms with Crippen LogP contribution in [0.15, 0.2) is 47.8 Å². The standard InChI is InChI=1S/C15H10FN5OS2/c16-9-4-5-10-11(7-9)24-14(17-10)18-13(22)8-23-15-20-19-12-3-1-2-6-21(12)15/h1-7H,8H2,(H,17,18,22). The van der Waals surface area contributed by atoms with Crippen LogP contribution in [0, 0.1) is 5.82 Å². The van der Waals surface area contributed by atoms with Crippen molar-refractivity contribution >= 4 is 50.0 Å². The number of amides is 1. The van der Waals surface area contributed by atoms with E-state index in [0.717, 1.165) is 5.65 Å². The van der Waals surface area contributed by atoms with Crippen LogP contribution in [-0.2, 0) is 4.79 Å². The number of anilines is 1. The van der Waals surface area contributed by atoms with Crippen LogP contribution in [0.2, 0.25) is 0 Å². The number of nitrogens with zero attached hydrogens (tertiary/aromatic N) is 4. The van der Waals surface area contributed by atoms with Gasteiger partial charge in [-0.2, -0.15) is 0 Å². The largest absolute Gasteiger partial charge is 0.301 e. The molecule has 1 amide bonds. The maximum Gasteiger partial charge on any atom is 0.236 e. The summed E-state index contributed by atoms with van der Waals surface area (Å²) in [6, 6.07) is 9.94. The third kappa shape index (κ3) is 2.95. The van der Waals surface area contributed by atoms with E-state index in [9.17, 15) is 9.18 Å². The van der Waals surface area contributed by atoms with E-state index in [1.54, 1.807) is 6.07 Å². The van der Waals surface area contributed by atoms with Gasteiger partial charge >= 0.3 is 0 Å². The van der Waals surface area contributed by atoms with E-state index in [-0.39, 0.29) is 17.5 Å². The molecule has 4 rings (SSSR count). The molecule has 0 saturated carbocycles. The number of fused-ring (bicyclic) bond motifs is 2. The van der Waals surface area contributed by atoms with Gasteiger partial charge in [-0.05, 0) is 30.3 Å². The maximum absolute atomic E-state index is 13.2. The summed E-state index contributed by atoms with van der Waals surface area (Å²) in [5.41, 5.74) is 1.39. The predicted molar refractivity (Wildman–Crippen MR) is 91.9 cm³/mol. The number of hydrogen-bond donors (Lipinski definition) is 1. The van der Waals surface area contributed by atoms with E-state index >= 15 is 0 Å². The Balaban J connectivity index is 1.44. The third-order valence-electron chi connectivity index (χ3n) is 3.21. The quantitative estimate of drug-likeness (QED) is 0.567. The first-order chi connectivity index (χ1) is 11.7. The molecule has 1 aromatic carbocycles. The molecule has 0 spiro atoms. The van der Waals surface area contributed by atoms with Gasteiger partial charge < -0.3 is 5.32 Å². The number of hydrogen-bond acceptors (Lipinski definition) is 6. The molecule has 3 aromatic heterocycles. The van der Waals surface area contributed by atoms with Crippen LogP contribution in [0.1, 0.15) is 0 Å². The average molecular weight is 359 g/mol. The Morgan fingerprint density at radius 1 is 1.29 bits per heavy atom. The van der Waals surface area contributed by atoms with E-state index < -0.39 is 0 Å². The minimum Gasteiger partial charge on any atom is -0.301 e. The molecule has 0 atom stereocenters. The third-order valence-corrected chi connectivity index (χ3v) is 5.09. The van der Waals surface area contributed by atoms with Crippen molar-refractivity contribution in [3.05, 3.63) is 48.4 Å². The molecule has 0 radical (unpaired) electrons. The van der Waals surface area contributed by atoms with Crippen molar-refractivity contribution in [1.29, 1.82) is 0 Å². The lowest BCUT2D eigenvalue weighted by Gasteiger charge is -2.00. The zero-order valence-corrected chi connectivity index (χ0v) is 13.8. The Morgan fingerprint density at radius 2 is 2.21 bits per heavy atom. The van der Waals surface area contributed by atoms with Gasteiger partial charge in [0.15, 0.2) is 15.9 Å². The molecular formula is C15H10FN5OS2. The monoisotopic (exact) mass is 359 g/mol. The second-order valence-corrected chi connectivity index (χ2v) is 6.85. The Labute approximate surface area is 143 Å². The Bertz CT molecular complexity index is 1040. The number of rotatable bonds is 4. The highest BCUT2D eigenvalue weighted by atomic mass is 32.2. The number of thioether (sulfide) groups is 1. The lowest BCUT2D eigenvalue weighted by molar-refractivity contribution is -0.113. The number of carbonyl (C=O) groups excluding carboxylic acids is 1. The van der Waals surface area contributed by atoms with Crippen molar-refractivity contribution in [3.8, 4) is 0 Å². The molecule has 0 unspecified atom stereocenters. The summed E-state index contributed by atoms with van der Waals surface area (Å²) in [4.78, 5) is 16.4. The molecule has 120 valence electrons. The van der Waals surface area contributed by atoms with Crippen LogP contribution in [-0.4, -0.2) is 31.2 Å². The van der Waals surface area contributed by atoms with Crippen molar-refractivity contribution in [3.63, 3.8) is 0 Å². The minimum absolute atomic E-state index is 0.181. The molecule has 0 fully saturated rings. The maximum atomic E-state index is 13.2. The van der Waals surface area contributed by atoms with Crippen molar-refractivity contribution in [2.75, 3.05) is 11.1 Å². The van der Waals surface area contributed by atoms with Gasteiger partial charge in [0.25, 0.3) is 0 Å². The first-order valence-corrected chi connectivity index (χ1v) is 8.78. The second-order valence-electron chi connectivity index (χ2n) is 4.88. The van der Waals surface area contributed by atoms with Crippen molar-refractivity contribution in [2.24, 2.45) is 0 Å². The zero-order chi connectivity index (χ0) is 16.5. The number of aromatic nitrogens is 4. The summed E-state index contributed by atoms with van der Waals surface area (Å²) < 4.78 is 15.7. The lowest BCUT2D eigenvalue weighted by atomic mass is 10.3. The highest BCUT2D eigenvalue weighted by molar-refractivity contribution is 7.99. The SMILES string of the molecule is O=C(CSc1nnc2ccccn12)Nc1nc2ccc(F)cc2s1. The van der Waals surface area contributed by atoms with E-state index in [1.807, 2.05) is 28.8 Å². The summed E-state index contributed by atoms with van der Waals surface area (Å²) in [5.74, 6) is -0.342. The van der Waals surface area contributed by atoms with Crippen molar-refractivity contribution < 1.29 is 9.18 Å². The normalized spacial score (nSPS) is 11.2. The Morgan fingerprint density at radius 3 is 3.12 bits per heavy atom. The highest BCUT2D eigenvalue weighted by Crippen LogP contribution is 2.26. The van der Waals surface area contributed by atoms with Crippen molar-refractivity contribution in [1.82, 2.24) is 19.6 Å². The summed E-state index contributed by atoms with van der Waals surface area (Å²) in [6.07, 6.45) is 1.84. The second kappa shape index (κ2) is 6.17. The number of benzene rings is 1. The van der Waals surface area contributed by atoms with Gasteiger partial charge in [0.2, 0.25) is 5.91 Å². The fourth-order valence-electron chi connectivity index (χ4n) is 2.16. The predicted octanol–water partition coefficient (Wildman–Crippen LogP) is 3.21. The van der Waals surface area contributed by atoms with Crippen LogP contribution in [0.3, 0.4) is 0 Å². The lowest BCUT2D eigenvalue weighted by Crippen LogP contribution is -2.14. The van der Waals surface area contributed by atoms with Crippen LogP contribution >= 0.6 is 23.1 Å². The Hall–Kier alpha value is -2.52. The topological polar surface area (TPSA) is 72.2 Å². The van der Waals surface area contributed by atoms with Gasteiger partial charge in [0, 0.05) is 6.20 Å². The van der Waals surface area contributed by atoms with Gasteiger partial charge in [-0.1, -0.05) is 29.2 Å². The molecule has 24 heavy (non-hydrogen) atoms. The number of pyridine rings is 1. The van der Waals surface area contributed by atoms with Gasteiger partial charge in [0.05, 0.1) is 16.0 Å². The molecule has 4 aromatic rings. The van der Waals surface area contributed by atoms with E-state index in [2.05, 4.69) is 20.5 Å². The molecule has 0 aliphatic rings. The molecule has 9 heteroatoms. The first-order valence-electron chi connectivity index (χ1n) is 6.97. The average Bonchev–Trinajstić information content (AvgIpc) is 3.16. The van der Waals surface area contributed by atoms with Crippen LogP contribution < -0.4 is 5.32 Å². The Kier molecular flexibility index (Phi) is 3.87. The molecule has 0 saturated heterocycles. The molecule has 0 aliphatic heterocycles. The molecule has 3 heterocycles. The summed E-state index contributed by atoms with van der Waals surface area (Å²) in [7, 11) is 0. The fourth-order valence-corrected chi connectivity index (χ4v) is 3.79. The van der Waals surface area contributed by atoms with Crippen LogP contribution in [0.4, 0.5) is 9.52 Å². The summed E-state index contributed by atoms with van der Waals surface area (Å²) in [5, 5.41) is 11.9. The van der Waals surface area contributed by atoms with Gasteiger partial charge in [0.1, 0.15) is 5.82 Å². The summed E-state index contributed by atoms with van der Waals surface area (Å²) in [6.45, 7) is 0.